The quantitative estimate of drug-likeness (QED) is 0.0871. The minimum atomic E-state index is -1.19. The highest BCUT2D eigenvalue weighted by Gasteiger charge is 2.32. The molecule has 1 aliphatic heterocycles. The Balaban J connectivity index is 1.72. The maximum absolute atomic E-state index is 12.4. The van der Waals surface area contributed by atoms with E-state index in [4.69, 9.17) is 25.8 Å². The number of aliphatic hydroxyl groups is 1. The molecule has 0 saturated heterocycles. The van der Waals surface area contributed by atoms with Gasteiger partial charge in [0.25, 0.3) is 0 Å². The number of nitrogens with one attached hydrogen (secondary N) is 3. The summed E-state index contributed by atoms with van der Waals surface area (Å²) in [5, 5.41) is 30.0. The van der Waals surface area contributed by atoms with E-state index in [1.54, 1.807) is 38.1 Å². The van der Waals surface area contributed by atoms with Crippen LogP contribution in [0.2, 0.25) is 5.02 Å². The van der Waals surface area contributed by atoms with Crippen LogP contribution in [0.1, 0.15) is 31.0 Å². The van der Waals surface area contributed by atoms with Gasteiger partial charge >= 0.3 is 12.0 Å². The zero-order valence-corrected chi connectivity index (χ0v) is 23.1. The fourth-order valence-corrected chi connectivity index (χ4v) is 4.56. The molecule has 2 atom stereocenters. The Bertz CT molecular complexity index is 1240. The molecule has 2 aromatic carbocycles. The van der Waals surface area contributed by atoms with E-state index in [0.29, 0.717) is 43.5 Å². The van der Waals surface area contributed by atoms with Crippen molar-refractivity contribution >= 4 is 52.4 Å². The van der Waals surface area contributed by atoms with E-state index in [0.717, 1.165) is 0 Å². The van der Waals surface area contributed by atoms with E-state index in [1.165, 1.54) is 19.4 Å². The molecule has 13 heteroatoms. The second-order valence-electron chi connectivity index (χ2n) is 7.74. The number of aromatic hydroxyl groups is 1. The van der Waals surface area contributed by atoms with Gasteiger partial charge in [-0.15, -0.1) is 0 Å². The fraction of sp³-hybridized carbons (Fsp3) is 0.292. The van der Waals surface area contributed by atoms with E-state index in [-0.39, 0.29) is 17.9 Å². The molecule has 5 N–H and O–H groups in total. The smallest absolute Gasteiger partial charge is 0.337 e. The number of aliphatic hydroxyl groups excluding tert-OH is 1. The van der Waals surface area contributed by atoms with Gasteiger partial charge in [0.1, 0.15) is 12.4 Å². The summed E-state index contributed by atoms with van der Waals surface area (Å²) in [6.07, 6.45) is 0.139. The zero-order chi connectivity index (χ0) is 27.1. The first-order valence-corrected chi connectivity index (χ1v) is 12.5. The van der Waals surface area contributed by atoms with E-state index >= 15 is 0 Å². The third-order valence-electron chi connectivity index (χ3n) is 5.16. The van der Waals surface area contributed by atoms with Crippen molar-refractivity contribution in [2.45, 2.75) is 26.1 Å². The topological polar surface area (TPSA) is 151 Å². The number of hydrogen-bond donors (Lipinski definition) is 5. The number of hydrazone groups is 1. The van der Waals surface area contributed by atoms with Crippen LogP contribution in [0, 0.1) is 3.57 Å². The standard InChI is InChI=1S/C24H26ClIN4O7/c1-4-36-18-8-13(21-20(23(33)35-3)12(2)28-24(34)29-21)5-6-17(18)37-11-19(31)30-27-10-14-7-15(25)9-16(26)22(14)32/h5-10,19,21,30-32H,4,11H2,1-3H3,(H2,28,29,34)/b27-10-/t19-,21+/m0/s1. The number of carbonyl (C=O) groups excluding carboxylic acids is 2. The zero-order valence-electron chi connectivity index (χ0n) is 20.2. The van der Waals surface area contributed by atoms with Crippen LogP contribution >= 0.6 is 34.2 Å². The molecule has 2 amide bonds. The van der Waals surface area contributed by atoms with Crippen LogP contribution in [-0.2, 0) is 9.53 Å². The number of esters is 1. The Labute approximate surface area is 232 Å². The Hall–Kier alpha value is -3.23. The highest BCUT2D eigenvalue weighted by molar-refractivity contribution is 14.1. The van der Waals surface area contributed by atoms with Crippen LogP contribution in [0.15, 0.2) is 46.7 Å². The van der Waals surface area contributed by atoms with Crippen LogP contribution in [-0.4, -0.2) is 55.0 Å². The number of hydrogen-bond acceptors (Lipinski definition) is 9. The van der Waals surface area contributed by atoms with Crippen LogP contribution in [0.3, 0.4) is 0 Å². The van der Waals surface area contributed by atoms with Crippen LogP contribution in [0.5, 0.6) is 17.2 Å². The average molecular weight is 645 g/mol. The monoisotopic (exact) mass is 644 g/mol. The van der Waals surface area contributed by atoms with E-state index in [2.05, 4.69) is 21.2 Å². The van der Waals surface area contributed by atoms with Crippen molar-refractivity contribution < 1.29 is 34.0 Å². The lowest BCUT2D eigenvalue weighted by atomic mass is 9.95. The van der Waals surface area contributed by atoms with Gasteiger partial charge in [0.2, 0.25) is 0 Å². The predicted octanol–water partition coefficient (Wildman–Crippen LogP) is 3.17. The fourth-order valence-electron chi connectivity index (χ4n) is 3.50. The molecule has 0 radical (unpaired) electrons. The van der Waals surface area contributed by atoms with E-state index < -0.39 is 24.3 Å². The van der Waals surface area contributed by atoms with Crippen molar-refractivity contribution in [3.8, 4) is 17.2 Å². The summed E-state index contributed by atoms with van der Waals surface area (Å²) in [6.45, 7) is 3.55. The first kappa shape index (κ1) is 28.3. The molecule has 1 heterocycles. The Morgan fingerprint density at radius 1 is 1.30 bits per heavy atom. The van der Waals surface area contributed by atoms with Crippen molar-refractivity contribution in [3.05, 3.63) is 61.3 Å². The maximum atomic E-state index is 12.4. The molecule has 0 fully saturated rings. The predicted molar refractivity (Wildman–Crippen MR) is 145 cm³/mol. The Morgan fingerprint density at radius 3 is 2.76 bits per heavy atom. The number of phenols is 1. The lowest BCUT2D eigenvalue weighted by Crippen LogP contribution is -2.45. The maximum Gasteiger partial charge on any atom is 0.337 e. The summed E-state index contributed by atoms with van der Waals surface area (Å²) < 4.78 is 16.8. The lowest BCUT2D eigenvalue weighted by Gasteiger charge is -2.28. The molecule has 0 aliphatic carbocycles. The van der Waals surface area contributed by atoms with Crippen molar-refractivity contribution in [3.63, 3.8) is 0 Å². The molecule has 37 heavy (non-hydrogen) atoms. The molecule has 3 rings (SSSR count). The molecular weight excluding hydrogens is 619 g/mol. The van der Waals surface area contributed by atoms with Crippen LogP contribution in [0.25, 0.3) is 0 Å². The highest BCUT2D eigenvalue weighted by Crippen LogP contribution is 2.35. The third kappa shape index (κ3) is 7.17. The number of carbonyl (C=O) groups is 2. The summed E-state index contributed by atoms with van der Waals surface area (Å²) in [6, 6.07) is 6.86. The normalized spacial score (nSPS) is 16.2. The number of rotatable bonds is 10. The van der Waals surface area contributed by atoms with Gasteiger partial charge in [-0.05, 0) is 66.3 Å². The summed E-state index contributed by atoms with van der Waals surface area (Å²) >= 11 is 7.95. The number of allylic oxidation sites excluding steroid dienone is 1. The van der Waals surface area contributed by atoms with Crippen molar-refractivity contribution in [1.29, 1.82) is 0 Å². The van der Waals surface area contributed by atoms with Gasteiger partial charge in [-0.2, -0.15) is 5.10 Å². The average Bonchev–Trinajstić information content (AvgIpc) is 2.85. The highest BCUT2D eigenvalue weighted by atomic mass is 127. The number of nitrogens with zero attached hydrogens (tertiary/aromatic N) is 1. The number of amides is 2. The number of ether oxygens (including phenoxy) is 3. The molecule has 0 spiro atoms. The molecule has 0 unspecified atom stereocenters. The molecule has 0 saturated carbocycles. The van der Waals surface area contributed by atoms with Crippen molar-refractivity contribution in [2.75, 3.05) is 20.3 Å². The number of phenolic OH excluding ortho intramolecular Hbond substituents is 1. The SMILES string of the molecule is CCOc1cc([C@H]2NC(=O)NC(C)=C2C(=O)OC)ccc1OC[C@H](O)N/N=C\c1cc(Cl)cc(I)c1O. The molecule has 1 aliphatic rings. The van der Waals surface area contributed by atoms with Crippen LogP contribution in [0.4, 0.5) is 4.79 Å². The molecule has 2 aromatic rings. The van der Waals surface area contributed by atoms with Gasteiger partial charge in [0.05, 0.1) is 35.1 Å². The Morgan fingerprint density at radius 2 is 2.05 bits per heavy atom. The first-order chi connectivity index (χ1) is 17.6. The van der Waals surface area contributed by atoms with Gasteiger partial charge in [-0.25, -0.2) is 9.59 Å². The summed E-state index contributed by atoms with van der Waals surface area (Å²) in [7, 11) is 1.26. The number of methoxy groups -OCH3 is 1. The van der Waals surface area contributed by atoms with E-state index in [9.17, 15) is 19.8 Å². The Kier molecular flexibility index (Phi) is 9.83. The molecule has 198 valence electrons. The van der Waals surface area contributed by atoms with Gasteiger partial charge < -0.3 is 35.1 Å². The third-order valence-corrected chi connectivity index (χ3v) is 6.20. The van der Waals surface area contributed by atoms with Gasteiger partial charge in [0, 0.05) is 16.3 Å². The number of benzene rings is 2. The van der Waals surface area contributed by atoms with Crippen molar-refractivity contribution in [2.24, 2.45) is 5.10 Å². The van der Waals surface area contributed by atoms with E-state index in [1.807, 2.05) is 22.6 Å². The second kappa shape index (κ2) is 12.8. The summed E-state index contributed by atoms with van der Waals surface area (Å²) in [4.78, 5) is 24.4. The van der Waals surface area contributed by atoms with Crippen molar-refractivity contribution in [1.82, 2.24) is 16.1 Å². The molecule has 0 aromatic heterocycles. The largest absolute Gasteiger partial charge is 0.506 e. The second-order valence-corrected chi connectivity index (χ2v) is 9.34. The first-order valence-electron chi connectivity index (χ1n) is 11.0. The number of halogens is 2. The minimum absolute atomic E-state index is 0.0214. The molecule has 11 nitrogen and oxygen atoms in total. The molecule has 0 bridgehead atoms. The van der Waals surface area contributed by atoms with Crippen LogP contribution < -0.4 is 25.5 Å². The van der Waals surface area contributed by atoms with Gasteiger partial charge in [-0.1, -0.05) is 17.7 Å². The summed E-state index contributed by atoms with van der Waals surface area (Å²) in [5.74, 6) is 0.124. The minimum Gasteiger partial charge on any atom is -0.506 e. The van der Waals surface area contributed by atoms with Gasteiger partial charge in [-0.3, -0.25) is 5.43 Å². The number of urea groups is 1. The lowest BCUT2D eigenvalue weighted by molar-refractivity contribution is -0.136. The van der Waals surface area contributed by atoms with Gasteiger partial charge in [0.15, 0.2) is 17.7 Å². The molecular formula is C24H26ClIN4O7. The summed E-state index contributed by atoms with van der Waals surface area (Å²) in [5.41, 5.74) is 4.11.